The molecule has 132 valence electrons. The molecule has 1 heterocycles. The number of nitro groups is 1. The van der Waals surface area contributed by atoms with E-state index in [0.29, 0.717) is 16.8 Å². The van der Waals surface area contributed by atoms with Gasteiger partial charge < -0.3 is 10.4 Å². The van der Waals surface area contributed by atoms with Gasteiger partial charge in [-0.1, -0.05) is 18.2 Å². The minimum Gasteiger partial charge on any atom is -0.392 e. The normalized spacial score (nSPS) is 11.8. The fraction of sp³-hybridized carbons (Fsp3) is 0.105. The number of aromatic nitrogens is 1. The lowest BCUT2D eigenvalue weighted by molar-refractivity contribution is -0.384. The Morgan fingerprint density at radius 2 is 2.00 bits per heavy atom. The second kappa shape index (κ2) is 7.71. The molecule has 0 fully saturated rings. The summed E-state index contributed by atoms with van der Waals surface area (Å²) in [5.41, 5.74) is 1.77. The maximum atomic E-state index is 13.7. The Bertz CT molecular complexity index is 919. The maximum absolute atomic E-state index is 13.7. The fourth-order valence-corrected chi connectivity index (χ4v) is 2.67. The number of rotatable bonds is 6. The Labute approximate surface area is 149 Å². The minimum absolute atomic E-state index is 0.139. The molecule has 2 aromatic carbocycles. The Hall–Kier alpha value is -3.32. The van der Waals surface area contributed by atoms with E-state index in [-0.39, 0.29) is 18.0 Å². The van der Waals surface area contributed by atoms with Crippen LogP contribution < -0.4 is 5.32 Å². The highest BCUT2D eigenvalue weighted by molar-refractivity contribution is 5.64. The molecule has 26 heavy (non-hydrogen) atoms. The standard InChI is InChI=1S/C19H16FN3O3/c20-15-5-3-4-14(11-15)19(16-6-1-2-9-21-16)22-17-10-13(12-24)7-8-18(17)23(25)26/h1-11,19,22,24H,12H2. The van der Waals surface area contributed by atoms with E-state index in [9.17, 15) is 19.6 Å². The number of pyridine rings is 1. The number of hydrogen-bond donors (Lipinski definition) is 2. The van der Waals surface area contributed by atoms with Crippen LogP contribution in [0, 0.1) is 15.9 Å². The maximum Gasteiger partial charge on any atom is 0.292 e. The van der Waals surface area contributed by atoms with Crippen LogP contribution in [-0.2, 0) is 6.61 Å². The molecule has 0 spiro atoms. The Morgan fingerprint density at radius 1 is 1.15 bits per heavy atom. The van der Waals surface area contributed by atoms with Crippen LogP contribution in [0.4, 0.5) is 15.8 Å². The predicted molar refractivity (Wildman–Crippen MR) is 95.1 cm³/mol. The predicted octanol–water partition coefficient (Wildman–Crippen LogP) is 3.82. The van der Waals surface area contributed by atoms with Crippen LogP contribution >= 0.6 is 0 Å². The van der Waals surface area contributed by atoms with Gasteiger partial charge in [0.05, 0.1) is 23.3 Å². The molecule has 1 aromatic heterocycles. The summed E-state index contributed by atoms with van der Waals surface area (Å²) in [4.78, 5) is 15.1. The van der Waals surface area contributed by atoms with Crippen molar-refractivity contribution in [3.05, 3.63) is 99.6 Å². The summed E-state index contributed by atoms with van der Waals surface area (Å²) < 4.78 is 13.7. The highest BCUT2D eigenvalue weighted by Gasteiger charge is 2.21. The van der Waals surface area contributed by atoms with E-state index in [1.165, 1.54) is 30.3 Å². The number of nitro benzene ring substituents is 1. The second-order valence-electron chi connectivity index (χ2n) is 5.65. The minimum atomic E-state index is -0.598. The number of hydrogen-bond acceptors (Lipinski definition) is 5. The summed E-state index contributed by atoms with van der Waals surface area (Å²) in [7, 11) is 0. The van der Waals surface area contributed by atoms with Gasteiger partial charge in [-0.2, -0.15) is 0 Å². The van der Waals surface area contributed by atoms with E-state index in [2.05, 4.69) is 10.3 Å². The molecule has 0 aliphatic rings. The van der Waals surface area contributed by atoms with Crippen molar-refractivity contribution in [3.63, 3.8) is 0 Å². The molecule has 2 N–H and O–H groups in total. The van der Waals surface area contributed by atoms with E-state index >= 15 is 0 Å². The molecule has 3 aromatic rings. The summed E-state index contributed by atoms with van der Waals surface area (Å²) in [6.07, 6.45) is 1.60. The average molecular weight is 353 g/mol. The third-order valence-electron chi connectivity index (χ3n) is 3.91. The van der Waals surface area contributed by atoms with Gasteiger partial charge >= 0.3 is 0 Å². The summed E-state index contributed by atoms with van der Waals surface area (Å²) in [5.74, 6) is -0.413. The van der Waals surface area contributed by atoms with Crippen molar-refractivity contribution >= 4 is 11.4 Å². The Morgan fingerprint density at radius 3 is 2.65 bits per heavy atom. The van der Waals surface area contributed by atoms with Crippen molar-refractivity contribution in [2.75, 3.05) is 5.32 Å². The van der Waals surface area contributed by atoms with E-state index in [1.807, 2.05) is 0 Å². The number of anilines is 1. The number of nitrogens with zero attached hydrogens (tertiary/aromatic N) is 2. The van der Waals surface area contributed by atoms with E-state index < -0.39 is 16.8 Å². The lowest BCUT2D eigenvalue weighted by atomic mass is 10.0. The molecule has 0 aliphatic heterocycles. The van der Waals surface area contributed by atoms with Crippen LogP contribution in [0.1, 0.15) is 22.9 Å². The molecule has 7 heteroatoms. The Balaban J connectivity index is 2.08. The lowest BCUT2D eigenvalue weighted by Crippen LogP contribution is -2.15. The SMILES string of the molecule is O=[N+]([O-])c1ccc(CO)cc1NC(c1cccc(F)c1)c1ccccn1. The molecular weight excluding hydrogens is 337 g/mol. The molecule has 0 bridgehead atoms. The van der Waals surface area contributed by atoms with Crippen molar-refractivity contribution in [2.24, 2.45) is 0 Å². The van der Waals surface area contributed by atoms with Crippen LogP contribution in [0.25, 0.3) is 0 Å². The Kier molecular flexibility index (Phi) is 5.19. The third kappa shape index (κ3) is 3.84. The van der Waals surface area contributed by atoms with Gasteiger partial charge in [-0.3, -0.25) is 15.1 Å². The summed E-state index contributed by atoms with van der Waals surface area (Å²) >= 11 is 0. The first-order valence-corrected chi connectivity index (χ1v) is 7.89. The van der Waals surface area contributed by atoms with Gasteiger partial charge in [0.1, 0.15) is 11.5 Å². The van der Waals surface area contributed by atoms with Gasteiger partial charge in [-0.25, -0.2) is 4.39 Å². The van der Waals surface area contributed by atoms with Crippen molar-refractivity contribution < 1.29 is 14.4 Å². The molecule has 6 nitrogen and oxygen atoms in total. The van der Waals surface area contributed by atoms with Gasteiger partial charge in [0.15, 0.2) is 0 Å². The first-order chi connectivity index (χ1) is 12.6. The molecule has 1 atom stereocenters. The fourth-order valence-electron chi connectivity index (χ4n) is 2.67. The molecule has 3 rings (SSSR count). The number of benzene rings is 2. The monoisotopic (exact) mass is 353 g/mol. The van der Waals surface area contributed by atoms with Crippen LogP contribution in [-0.4, -0.2) is 15.0 Å². The smallest absolute Gasteiger partial charge is 0.292 e. The summed E-state index contributed by atoms with van der Waals surface area (Å²) in [5, 5.41) is 23.8. The van der Waals surface area contributed by atoms with Gasteiger partial charge in [0.25, 0.3) is 5.69 Å². The highest BCUT2D eigenvalue weighted by atomic mass is 19.1. The van der Waals surface area contributed by atoms with Crippen LogP contribution in [0.5, 0.6) is 0 Å². The van der Waals surface area contributed by atoms with E-state index in [4.69, 9.17) is 0 Å². The topological polar surface area (TPSA) is 88.3 Å². The average Bonchev–Trinajstić information content (AvgIpc) is 2.66. The van der Waals surface area contributed by atoms with E-state index in [0.717, 1.165) is 0 Å². The third-order valence-corrected chi connectivity index (χ3v) is 3.91. The first-order valence-electron chi connectivity index (χ1n) is 7.89. The van der Waals surface area contributed by atoms with Gasteiger partial charge in [-0.05, 0) is 47.5 Å². The molecular formula is C19H16FN3O3. The van der Waals surface area contributed by atoms with Crippen molar-refractivity contribution in [3.8, 4) is 0 Å². The largest absolute Gasteiger partial charge is 0.392 e. The first kappa shape index (κ1) is 17.5. The molecule has 0 radical (unpaired) electrons. The molecule has 0 amide bonds. The molecule has 1 unspecified atom stereocenters. The lowest BCUT2D eigenvalue weighted by Gasteiger charge is -2.20. The number of aliphatic hydroxyl groups is 1. The van der Waals surface area contributed by atoms with Gasteiger partial charge in [0.2, 0.25) is 0 Å². The van der Waals surface area contributed by atoms with Crippen LogP contribution in [0.2, 0.25) is 0 Å². The van der Waals surface area contributed by atoms with Crippen LogP contribution in [0.15, 0.2) is 66.9 Å². The summed E-state index contributed by atoms with van der Waals surface area (Å²) in [6.45, 7) is -0.249. The molecule has 0 saturated carbocycles. The van der Waals surface area contributed by atoms with Crippen molar-refractivity contribution in [2.45, 2.75) is 12.6 Å². The van der Waals surface area contributed by atoms with Crippen molar-refractivity contribution in [1.29, 1.82) is 0 Å². The highest BCUT2D eigenvalue weighted by Crippen LogP contribution is 2.32. The quantitative estimate of drug-likeness (QED) is 0.519. The summed E-state index contributed by atoms with van der Waals surface area (Å²) in [6, 6.07) is 15.0. The number of nitrogens with one attached hydrogen (secondary N) is 1. The van der Waals surface area contributed by atoms with Crippen molar-refractivity contribution in [1.82, 2.24) is 4.98 Å². The van der Waals surface area contributed by atoms with Gasteiger partial charge in [-0.15, -0.1) is 0 Å². The van der Waals surface area contributed by atoms with E-state index in [1.54, 1.807) is 36.5 Å². The second-order valence-corrected chi connectivity index (χ2v) is 5.65. The van der Waals surface area contributed by atoms with Crippen LogP contribution in [0.3, 0.4) is 0 Å². The number of halogens is 1. The zero-order valence-electron chi connectivity index (χ0n) is 13.7. The number of aliphatic hydroxyl groups excluding tert-OH is 1. The molecule has 0 aliphatic carbocycles. The zero-order valence-corrected chi connectivity index (χ0v) is 13.7. The molecule has 0 saturated heterocycles. The zero-order chi connectivity index (χ0) is 18.5. The van der Waals surface area contributed by atoms with Gasteiger partial charge in [0, 0.05) is 12.3 Å².